The van der Waals surface area contributed by atoms with Crippen LogP contribution in [0.4, 0.5) is 0 Å². The standard InChI is InChI=1S/2C14H10Br2ClNO.Co/c2*15-11-5-10(14(19)12(16)6-11)8-18-7-9-3-1-2-4-13(9)17;/h2*1-6,8,19H,7H2;/q;;+2/p-2. The fourth-order valence-electron chi connectivity index (χ4n) is 3.09. The van der Waals surface area contributed by atoms with Crippen molar-refractivity contribution in [1.82, 2.24) is 0 Å². The van der Waals surface area contributed by atoms with Crippen LogP contribution in [0.3, 0.4) is 0 Å². The molecule has 0 aliphatic rings. The van der Waals surface area contributed by atoms with Crippen LogP contribution in [-0.4, -0.2) is 12.4 Å². The fourth-order valence-corrected chi connectivity index (χ4v) is 6.00. The zero-order valence-electron chi connectivity index (χ0n) is 19.8. The summed E-state index contributed by atoms with van der Waals surface area (Å²) >= 11 is 25.2. The first-order valence-corrected chi connectivity index (χ1v) is 14.9. The van der Waals surface area contributed by atoms with Crippen molar-refractivity contribution in [3.05, 3.63) is 123 Å². The quantitative estimate of drug-likeness (QED) is 0.182. The van der Waals surface area contributed by atoms with Gasteiger partial charge in [-0.2, -0.15) is 0 Å². The van der Waals surface area contributed by atoms with Crippen molar-refractivity contribution in [2.45, 2.75) is 13.1 Å². The molecule has 4 aromatic rings. The van der Waals surface area contributed by atoms with Crippen LogP contribution in [-0.2, 0) is 29.9 Å². The van der Waals surface area contributed by atoms with Gasteiger partial charge < -0.3 is 10.2 Å². The van der Waals surface area contributed by atoms with Crippen molar-refractivity contribution in [1.29, 1.82) is 0 Å². The monoisotopic (exact) mass is 859 g/mol. The topological polar surface area (TPSA) is 70.8 Å². The number of rotatable bonds is 6. The van der Waals surface area contributed by atoms with E-state index in [2.05, 4.69) is 73.7 Å². The molecule has 203 valence electrons. The fraction of sp³-hybridized carbons (Fsp3) is 0.0714. The minimum atomic E-state index is -0.0777. The Morgan fingerprint density at radius 1 is 0.615 bits per heavy atom. The maximum Gasteiger partial charge on any atom is 2.00 e. The van der Waals surface area contributed by atoms with E-state index < -0.39 is 0 Å². The van der Waals surface area contributed by atoms with Crippen LogP contribution in [0.25, 0.3) is 0 Å². The van der Waals surface area contributed by atoms with Crippen LogP contribution in [0.2, 0.25) is 10.0 Å². The number of benzene rings is 4. The Morgan fingerprint density at radius 3 is 1.33 bits per heavy atom. The Labute approximate surface area is 281 Å². The molecule has 0 heterocycles. The molecule has 0 amide bonds. The summed E-state index contributed by atoms with van der Waals surface area (Å²) in [5.41, 5.74) is 2.94. The summed E-state index contributed by atoms with van der Waals surface area (Å²) in [4.78, 5) is 8.53. The van der Waals surface area contributed by atoms with Gasteiger partial charge in [-0.05, 0) is 58.7 Å². The van der Waals surface area contributed by atoms with Gasteiger partial charge in [0.25, 0.3) is 0 Å². The number of nitrogens with zero attached hydrogens (tertiary/aromatic N) is 2. The van der Waals surface area contributed by atoms with Crippen LogP contribution in [0, 0.1) is 0 Å². The van der Waals surface area contributed by atoms with E-state index in [1.165, 1.54) is 0 Å². The first kappa shape index (κ1) is 34.0. The SMILES string of the molecule is [Co+2].[O-]c1c(Br)cc(Br)cc1C=NCc1ccccc1Cl.[O-]c1c(Br)cc(Br)cc1C=NCc1ccccc1Cl. The van der Waals surface area contributed by atoms with Crippen molar-refractivity contribution < 1.29 is 27.0 Å². The van der Waals surface area contributed by atoms with Gasteiger partial charge >= 0.3 is 16.8 Å². The predicted octanol–water partition coefficient (Wildman–Crippen LogP) is 9.11. The third-order valence-electron chi connectivity index (χ3n) is 4.97. The molecule has 39 heavy (non-hydrogen) atoms. The predicted molar refractivity (Wildman–Crippen MR) is 168 cm³/mol. The molecule has 0 aliphatic carbocycles. The Morgan fingerprint density at radius 2 is 0.974 bits per heavy atom. The van der Waals surface area contributed by atoms with E-state index in [1.807, 2.05) is 48.5 Å². The number of hydrogen-bond donors (Lipinski definition) is 0. The van der Waals surface area contributed by atoms with E-state index >= 15 is 0 Å². The molecular weight excluding hydrogens is 846 g/mol. The van der Waals surface area contributed by atoms with Crippen LogP contribution < -0.4 is 10.2 Å². The van der Waals surface area contributed by atoms with Gasteiger partial charge in [0.15, 0.2) is 0 Å². The zero-order valence-corrected chi connectivity index (χ0v) is 28.7. The number of hydrogen-bond acceptors (Lipinski definition) is 4. The number of aliphatic imine (C=N–C) groups is 2. The molecule has 0 fully saturated rings. The summed E-state index contributed by atoms with van der Waals surface area (Å²) in [6, 6.07) is 21.9. The smallest absolute Gasteiger partial charge is 0.871 e. The van der Waals surface area contributed by atoms with Crippen LogP contribution >= 0.6 is 86.9 Å². The van der Waals surface area contributed by atoms with Crippen molar-refractivity contribution in [2.24, 2.45) is 9.98 Å². The first-order valence-electron chi connectivity index (χ1n) is 10.9. The molecule has 4 nitrogen and oxygen atoms in total. The van der Waals surface area contributed by atoms with Crippen molar-refractivity contribution >= 4 is 99.4 Å². The minimum absolute atomic E-state index is 0. The molecule has 4 aromatic carbocycles. The first-order chi connectivity index (χ1) is 18.2. The van der Waals surface area contributed by atoms with E-state index in [-0.39, 0.29) is 28.3 Å². The molecule has 0 saturated heterocycles. The molecule has 0 unspecified atom stereocenters. The molecular formula is C28H18Br4Cl2CoN2O2. The van der Waals surface area contributed by atoms with Crippen LogP contribution in [0.5, 0.6) is 11.5 Å². The maximum absolute atomic E-state index is 11.8. The second-order valence-electron chi connectivity index (χ2n) is 7.73. The molecule has 1 radical (unpaired) electrons. The van der Waals surface area contributed by atoms with E-state index in [9.17, 15) is 10.2 Å². The minimum Gasteiger partial charge on any atom is -0.871 e. The van der Waals surface area contributed by atoms with E-state index in [0.717, 1.165) is 20.1 Å². The molecule has 0 atom stereocenters. The molecule has 4 rings (SSSR count). The van der Waals surface area contributed by atoms with Gasteiger partial charge in [0.1, 0.15) is 0 Å². The van der Waals surface area contributed by atoms with Crippen molar-refractivity contribution in [2.75, 3.05) is 0 Å². The molecule has 0 N–H and O–H groups in total. The Kier molecular flexibility index (Phi) is 14.8. The van der Waals surface area contributed by atoms with Gasteiger partial charge in [0.05, 0.1) is 13.1 Å². The normalized spacial score (nSPS) is 10.8. The number of halogens is 6. The second-order valence-corrected chi connectivity index (χ2v) is 12.1. The summed E-state index contributed by atoms with van der Waals surface area (Å²) in [6.45, 7) is 0.895. The van der Waals surface area contributed by atoms with Gasteiger partial charge in [-0.3, -0.25) is 9.98 Å². The van der Waals surface area contributed by atoms with Gasteiger partial charge in [-0.1, -0.05) is 135 Å². The Hall–Kier alpha value is -1.17. The Bertz CT molecular complexity index is 1380. The summed E-state index contributed by atoms with van der Waals surface area (Å²) in [5, 5.41) is 25.0. The summed E-state index contributed by atoms with van der Waals surface area (Å²) in [5.74, 6) is -0.155. The van der Waals surface area contributed by atoms with E-state index in [4.69, 9.17) is 23.2 Å². The molecule has 0 bridgehead atoms. The average Bonchev–Trinajstić information content (AvgIpc) is 2.87. The maximum atomic E-state index is 11.8. The van der Waals surface area contributed by atoms with Crippen molar-refractivity contribution in [3.63, 3.8) is 0 Å². The molecule has 0 saturated carbocycles. The Balaban J connectivity index is 0.000000267. The van der Waals surface area contributed by atoms with Crippen LogP contribution in [0.15, 0.2) is 101 Å². The average molecular weight is 864 g/mol. The molecule has 0 aromatic heterocycles. The zero-order chi connectivity index (χ0) is 27.7. The molecule has 0 aliphatic heterocycles. The summed E-state index contributed by atoms with van der Waals surface area (Å²) < 4.78 is 2.69. The van der Waals surface area contributed by atoms with Gasteiger partial charge in [-0.15, -0.1) is 0 Å². The van der Waals surface area contributed by atoms with E-state index in [0.29, 0.717) is 43.2 Å². The third kappa shape index (κ3) is 10.6. The van der Waals surface area contributed by atoms with E-state index in [1.54, 1.807) is 36.7 Å². The third-order valence-corrected chi connectivity index (χ3v) is 7.81. The summed E-state index contributed by atoms with van der Waals surface area (Å²) in [7, 11) is 0. The molecule has 11 heteroatoms. The van der Waals surface area contributed by atoms with Gasteiger partial charge in [0, 0.05) is 40.4 Å². The molecule has 0 spiro atoms. The van der Waals surface area contributed by atoms with Crippen LogP contribution in [0.1, 0.15) is 22.3 Å². The second kappa shape index (κ2) is 16.9. The van der Waals surface area contributed by atoms with Crippen molar-refractivity contribution in [3.8, 4) is 11.5 Å². The largest absolute Gasteiger partial charge is 2.00 e. The van der Waals surface area contributed by atoms with Gasteiger partial charge in [-0.25, -0.2) is 0 Å². The van der Waals surface area contributed by atoms with Gasteiger partial charge in [0.2, 0.25) is 0 Å². The summed E-state index contributed by atoms with van der Waals surface area (Å²) in [6.07, 6.45) is 3.14.